The van der Waals surface area contributed by atoms with Crippen LogP contribution in [0, 0.1) is 0 Å². The van der Waals surface area contributed by atoms with E-state index in [0.717, 1.165) is 11.8 Å². The predicted molar refractivity (Wildman–Crippen MR) is 54.6 cm³/mol. The fourth-order valence-electron chi connectivity index (χ4n) is 0.732. The molecule has 0 fully saturated rings. The number of aromatic nitrogens is 3. The van der Waals surface area contributed by atoms with Crippen LogP contribution >= 0.6 is 11.8 Å². The predicted octanol–water partition coefficient (Wildman–Crippen LogP) is -1.09. The highest BCUT2D eigenvalue weighted by atomic mass is 32.2. The average Bonchev–Trinajstić information content (AvgIpc) is 2.25. The lowest BCUT2D eigenvalue weighted by Gasteiger charge is -2.06. The van der Waals surface area contributed by atoms with E-state index in [9.17, 15) is 0 Å². The van der Waals surface area contributed by atoms with Crippen molar-refractivity contribution in [3.8, 4) is 6.01 Å². The minimum absolute atomic E-state index is 0.0582. The number of anilines is 1. The summed E-state index contributed by atoms with van der Waals surface area (Å²) < 4.78 is 4.80. The van der Waals surface area contributed by atoms with Gasteiger partial charge in [-0.1, -0.05) is 11.8 Å². The SMILES string of the molecule is COc1nc(N)nc(SCC(O)CO)n1. The molecule has 0 aliphatic heterocycles. The maximum absolute atomic E-state index is 9.11. The molecule has 84 valence electrons. The first kappa shape index (κ1) is 12.0. The number of nitrogens with zero attached hydrogens (tertiary/aromatic N) is 3. The van der Waals surface area contributed by atoms with Crippen molar-refractivity contribution in [1.29, 1.82) is 0 Å². The Balaban J connectivity index is 2.64. The minimum Gasteiger partial charge on any atom is -0.467 e. The van der Waals surface area contributed by atoms with Crippen molar-refractivity contribution in [3.63, 3.8) is 0 Å². The van der Waals surface area contributed by atoms with Gasteiger partial charge in [-0.25, -0.2) is 0 Å². The van der Waals surface area contributed by atoms with Crippen LogP contribution in [0.25, 0.3) is 0 Å². The Kier molecular flexibility index (Phi) is 4.53. The molecule has 1 atom stereocenters. The third kappa shape index (κ3) is 3.86. The van der Waals surface area contributed by atoms with Gasteiger partial charge in [-0.15, -0.1) is 0 Å². The van der Waals surface area contributed by atoms with Crippen molar-refractivity contribution in [1.82, 2.24) is 15.0 Å². The summed E-state index contributed by atoms with van der Waals surface area (Å²) in [7, 11) is 1.42. The molecule has 0 spiro atoms. The van der Waals surface area contributed by atoms with E-state index in [4.69, 9.17) is 20.7 Å². The van der Waals surface area contributed by atoms with Gasteiger partial charge in [0, 0.05) is 5.75 Å². The van der Waals surface area contributed by atoms with Gasteiger partial charge in [-0.05, 0) is 0 Å². The van der Waals surface area contributed by atoms with Crippen LogP contribution in [0.15, 0.2) is 5.16 Å². The first-order valence-corrected chi connectivity index (χ1v) is 5.11. The Bertz CT molecular complexity index is 325. The minimum atomic E-state index is -0.806. The largest absolute Gasteiger partial charge is 0.467 e. The normalized spacial score (nSPS) is 12.5. The number of nitrogen functional groups attached to an aromatic ring is 1. The summed E-state index contributed by atoms with van der Waals surface area (Å²) in [5, 5.41) is 18.1. The number of hydrogen-bond acceptors (Lipinski definition) is 8. The highest BCUT2D eigenvalue weighted by Crippen LogP contribution is 2.16. The molecule has 0 radical (unpaired) electrons. The summed E-state index contributed by atoms with van der Waals surface area (Å²) in [5.74, 6) is 0.339. The maximum atomic E-state index is 9.11. The molecule has 4 N–H and O–H groups in total. The maximum Gasteiger partial charge on any atom is 0.321 e. The monoisotopic (exact) mass is 232 g/mol. The van der Waals surface area contributed by atoms with Crippen LogP contribution in [0.1, 0.15) is 0 Å². The number of aliphatic hydroxyl groups is 2. The Labute approximate surface area is 90.7 Å². The second kappa shape index (κ2) is 5.69. The van der Waals surface area contributed by atoms with Crippen LogP contribution in [0.3, 0.4) is 0 Å². The summed E-state index contributed by atoms with van der Waals surface area (Å²) in [6, 6.07) is 0.128. The highest BCUT2D eigenvalue weighted by molar-refractivity contribution is 7.99. The molecule has 7 nitrogen and oxygen atoms in total. The van der Waals surface area contributed by atoms with E-state index in [0.29, 0.717) is 5.16 Å². The Hall–Kier alpha value is -1.12. The van der Waals surface area contributed by atoms with Crippen molar-refractivity contribution in [3.05, 3.63) is 0 Å². The second-order valence-corrected chi connectivity index (χ2v) is 3.60. The van der Waals surface area contributed by atoms with Crippen molar-refractivity contribution in [2.45, 2.75) is 11.3 Å². The summed E-state index contributed by atoms with van der Waals surface area (Å²) in [5.41, 5.74) is 5.41. The third-order valence-electron chi connectivity index (χ3n) is 1.41. The van der Waals surface area contributed by atoms with Crippen LogP contribution in [-0.4, -0.2) is 50.7 Å². The van der Waals surface area contributed by atoms with Gasteiger partial charge in [0.2, 0.25) is 5.95 Å². The van der Waals surface area contributed by atoms with Gasteiger partial charge < -0.3 is 20.7 Å². The third-order valence-corrected chi connectivity index (χ3v) is 2.40. The Morgan fingerprint density at radius 2 is 2.20 bits per heavy atom. The number of rotatable bonds is 5. The van der Waals surface area contributed by atoms with E-state index in [1.54, 1.807) is 0 Å². The summed E-state index contributed by atoms with van der Waals surface area (Å²) in [6.45, 7) is -0.301. The van der Waals surface area contributed by atoms with Crippen molar-refractivity contribution in [2.75, 3.05) is 25.2 Å². The molecule has 1 unspecified atom stereocenters. The van der Waals surface area contributed by atoms with Gasteiger partial charge in [-0.2, -0.15) is 15.0 Å². The van der Waals surface area contributed by atoms with Gasteiger partial charge >= 0.3 is 6.01 Å². The van der Waals surface area contributed by atoms with Crippen LogP contribution in [-0.2, 0) is 0 Å². The molecule has 1 aromatic heterocycles. The van der Waals surface area contributed by atoms with E-state index in [1.165, 1.54) is 7.11 Å². The van der Waals surface area contributed by atoms with Gasteiger partial charge in [-0.3, -0.25) is 0 Å². The average molecular weight is 232 g/mol. The molecule has 0 saturated heterocycles. The molecule has 0 aromatic carbocycles. The topological polar surface area (TPSA) is 114 Å². The van der Waals surface area contributed by atoms with Crippen molar-refractivity contribution < 1.29 is 14.9 Å². The number of ether oxygens (including phenoxy) is 1. The molecule has 0 saturated carbocycles. The molecule has 0 bridgehead atoms. The first-order chi connectivity index (χ1) is 7.15. The number of nitrogens with two attached hydrogens (primary N) is 1. The van der Waals surface area contributed by atoms with Crippen LogP contribution in [0.4, 0.5) is 5.95 Å². The molecule has 0 aliphatic rings. The van der Waals surface area contributed by atoms with Gasteiger partial charge in [0.25, 0.3) is 0 Å². The van der Waals surface area contributed by atoms with E-state index < -0.39 is 6.10 Å². The first-order valence-electron chi connectivity index (χ1n) is 4.13. The molecule has 1 heterocycles. The van der Waals surface area contributed by atoms with Crippen molar-refractivity contribution >= 4 is 17.7 Å². The van der Waals surface area contributed by atoms with Gasteiger partial charge in [0.1, 0.15) is 0 Å². The number of hydrogen-bond donors (Lipinski definition) is 3. The zero-order chi connectivity index (χ0) is 11.3. The molecule has 8 heteroatoms. The van der Waals surface area contributed by atoms with E-state index in [1.807, 2.05) is 0 Å². The smallest absolute Gasteiger partial charge is 0.321 e. The standard InChI is InChI=1S/C7H12N4O3S/c1-14-6-9-5(8)10-7(11-6)15-3-4(13)2-12/h4,12-13H,2-3H2,1H3,(H2,8,9,10,11). The summed E-state index contributed by atoms with van der Waals surface area (Å²) >= 11 is 1.16. The zero-order valence-electron chi connectivity index (χ0n) is 8.12. The molecule has 1 rings (SSSR count). The molecular weight excluding hydrogens is 220 g/mol. The molecule has 15 heavy (non-hydrogen) atoms. The zero-order valence-corrected chi connectivity index (χ0v) is 8.94. The molecule has 0 amide bonds. The van der Waals surface area contributed by atoms with E-state index in [2.05, 4.69) is 15.0 Å². The summed E-state index contributed by atoms with van der Waals surface area (Å²) in [6.07, 6.45) is -0.806. The highest BCUT2D eigenvalue weighted by Gasteiger charge is 2.08. The number of thioether (sulfide) groups is 1. The van der Waals surface area contributed by atoms with Crippen LogP contribution < -0.4 is 10.5 Å². The molecule has 0 aliphatic carbocycles. The van der Waals surface area contributed by atoms with Gasteiger partial charge in [0.05, 0.1) is 19.8 Å². The Morgan fingerprint density at radius 3 is 2.80 bits per heavy atom. The van der Waals surface area contributed by atoms with Crippen molar-refractivity contribution in [2.24, 2.45) is 0 Å². The molecular formula is C7H12N4O3S. The van der Waals surface area contributed by atoms with E-state index >= 15 is 0 Å². The van der Waals surface area contributed by atoms with Gasteiger partial charge in [0.15, 0.2) is 5.16 Å². The number of methoxy groups -OCH3 is 1. The molecule has 1 aromatic rings. The van der Waals surface area contributed by atoms with Crippen LogP contribution in [0.5, 0.6) is 6.01 Å². The number of aliphatic hydroxyl groups excluding tert-OH is 2. The quantitative estimate of drug-likeness (QED) is 0.548. The summed E-state index contributed by atoms with van der Waals surface area (Å²) in [4.78, 5) is 11.4. The lowest BCUT2D eigenvalue weighted by molar-refractivity contribution is 0.113. The lowest BCUT2D eigenvalue weighted by atomic mass is 10.4. The fraction of sp³-hybridized carbons (Fsp3) is 0.571. The van der Waals surface area contributed by atoms with Crippen LogP contribution in [0.2, 0.25) is 0 Å². The Morgan fingerprint density at radius 1 is 1.47 bits per heavy atom. The lowest BCUT2D eigenvalue weighted by Crippen LogP contribution is -2.15. The van der Waals surface area contributed by atoms with E-state index in [-0.39, 0.29) is 24.3 Å². The second-order valence-electron chi connectivity index (χ2n) is 2.61. The fourth-order valence-corrected chi connectivity index (χ4v) is 1.48.